The summed E-state index contributed by atoms with van der Waals surface area (Å²) in [5.41, 5.74) is 2.23. The molecule has 0 aliphatic carbocycles. The number of halogens is 1. The minimum absolute atomic E-state index is 0.133. The van der Waals surface area contributed by atoms with Gasteiger partial charge in [-0.3, -0.25) is 4.79 Å². The second kappa shape index (κ2) is 5.26. The van der Waals surface area contributed by atoms with Crippen LogP contribution in [0.4, 0.5) is 5.69 Å². The van der Waals surface area contributed by atoms with Crippen LogP contribution < -0.4 is 4.90 Å². The molecule has 3 nitrogen and oxygen atoms in total. The minimum Gasteiger partial charge on any atom is -0.453 e. The summed E-state index contributed by atoms with van der Waals surface area (Å²) in [4.78, 5) is 14.5. The van der Waals surface area contributed by atoms with Gasteiger partial charge in [-0.05, 0) is 36.4 Å². The van der Waals surface area contributed by atoms with Gasteiger partial charge in [0.1, 0.15) is 5.58 Å². The minimum atomic E-state index is -0.133. The van der Waals surface area contributed by atoms with Gasteiger partial charge in [0, 0.05) is 35.8 Å². The first-order valence-corrected chi connectivity index (χ1v) is 6.93. The average Bonchev–Trinajstić information content (AvgIpc) is 2.89. The summed E-state index contributed by atoms with van der Waals surface area (Å²) in [5.74, 6) is 0.189. The fraction of sp³-hybridized carbons (Fsp3) is 0.118. The van der Waals surface area contributed by atoms with Gasteiger partial charge in [-0.2, -0.15) is 0 Å². The molecule has 0 amide bonds. The molecule has 0 N–H and O–H groups in total. The molecule has 3 aromatic rings. The highest BCUT2D eigenvalue weighted by molar-refractivity contribution is 6.31. The van der Waals surface area contributed by atoms with Crippen LogP contribution in [0.3, 0.4) is 0 Å². The van der Waals surface area contributed by atoms with Gasteiger partial charge in [-0.1, -0.05) is 23.7 Å². The van der Waals surface area contributed by atoms with Crippen LogP contribution in [0.1, 0.15) is 16.1 Å². The quantitative estimate of drug-likeness (QED) is 0.673. The Morgan fingerprint density at radius 2 is 1.90 bits per heavy atom. The molecule has 0 saturated carbocycles. The van der Waals surface area contributed by atoms with Crippen molar-refractivity contribution in [2.75, 3.05) is 19.0 Å². The van der Waals surface area contributed by atoms with Crippen LogP contribution in [0.15, 0.2) is 52.9 Å². The van der Waals surface area contributed by atoms with E-state index < -0.39 is 0 Å². The Labute approximate surface area is 127 Å². The zero-order valence-corrected chi connectivity index (χ0v) is 12.5. The van der Waals surface area contributed by atoms with E-state index in [0.717, 1.165) is 11.1 Å². The molecule has 3 rings (SSSR count). The van der Waals surface area contributed by atoms with Crippen molar-refractivity contribution in [1.82, 2.24) is 0 Å². The van der Waals surface area contributed by atoms with Crippen molar-refractivity contribution in [1.29, 1.82) is 0 Å². The molecule has 4 heteroatoms. The lowest BCUT2D eigenvalue weighted by Gasteiger charge is -2.12. The van der Waals surface area contributed by atoms with Crippen molar-refractivity contribution in [3.63, 3.8) is 0 Å². The van der Waals surface area contributed by atoms with Crippen molar-refractivity contribution < 1.29 is 9.21 Å². The Morgan fingerprint density at radius 3 is 2.67 bits per heavy atom. The molecule has 21 heavy (non-hydrogen) atoms. The Bertz CT molecular complexity index is 821. The molecule has 0 atom stereocenters. The van der Waals surface area contributed by atoms with Gasteiger partial charge < -0.3 is 9.32 Å². The van der Waals surface area contributed by atoms with Crippen molar-refractivity contribution in [3.05, 3.63) is 64.9 Å². The van der Waals surface area contributed by atoms with Crippen molar-refractivity contribution in [2.24, 2.45) is 0 Å². The van der Waals surface area contributed by atoms with Gasteiger partial charge in [-0.25, -0.2) is 0 Å². The van der Waals surface area contributed by atoms with Crippen LogP contribution >= 0.6 is 11.6 Å². The highest BCUT2D eigenvalue weighted by atomic mass is 35.5. The van der Waals surface area contributed by atoms with E-state index in [1.165, 1.54) is 0 Å². The maximum absolute atomic E-state index is 12.5. The Balaban J connectivity index is 2.01. The standard InChI is InChI=1S/C17H14ClNO2/c1-19(2)14-5-3-4-11(9-14)17(20)16-10-12-8-13(18)6-7-15(12)21-16/h3-10H,1-2H3. The normalized spacial score (nSPS) is 10.8. The fourth-order valence-electron chi connectivity index (χ4n) is 2.19. The number of nitrogens with zero attached hydrogens (tertiary/aromatic N) is 1. The Morgan fingerprint density at radius 1 is 1.10 bits per heavy atom. The Kier molecular flexibility index (Phi) is 3.43. The van der Waals surface area contributed by atoms with E-state index in [-0.39, 0.29) is 5.78 Å². The third-order valence-corrected chi connectivity index (χ3v) is 3.56. The first-order valence-electron chi connectivity index (χ1n) is 6.56. The summed E-state index contributed by atoms with van der Waals surface area (Å²) in [6.07, 6.45) is 0. The molecule has 0 unspecified atom stereocenters. The van der Waals surface area contributed by atoms with Crippen molar-refractivity contribution in [3.8, 4) is 0 Å². The van der Waals surface area contributed by atoms with Gasteiger partial charge in [0.25, 0.3) is 0 Å². The number of furan rings is 1. The summed E-state index contributed by atoms with van der Waals surface area (Å²) in [5, 5.41) is 1.45. The van der Waals surface area contributed by atoms with Crippen LogP contribution in [-0.2, 0) is 0 Å². The van der Waals surface area contributed by atoms with Crippen molar-refractivity contribution in [2.45, 2.75) is 0 Å². The fourth-order valence-corrected chi connectivity index (χ4v) is 2.37. The molecule has 1 heterocycles. The number of carbonyl (C=O) groups is 1. The number of hydrogen-bond donors (Lipinski definition) is 0. The number of rotatable bonds is 3. The van der Waals surface area contributed by atoms with E-state index in [9.17, 15) is 4.79 Å². The average molecular weight is 300 g/mol. The largest absolute Gasteiger partial charge is 0.453 e. The van der Waals surface area contributed by atoms with E-state index in [2.05, 4.69) is 0 Å². The topological polar surface area (TPSA) is 33.5 Å². The van der Waals surface area contributed by atoms with Gasteiger partial charge in [0.05, 0.1) is 0 Å². The van der Waals surface area contributed by atoms with Crippen molar-refractivity contribution >= 4 is 34.0 Å². The highest BCUT2D eigenvalue weighted by Gasteiger charge is 2.15. The van der Waals surface area contributed by atoms with Crippen LogP contribution in [0.25, 0.3) is 11.0 Å². The van der Waals surface area contributed by atoms with Gasteiger partial charge in [0.2, 0.25) is 5.78 Å². The lowest BCUT2D eigenvalue weighted by Crippen LogP contribution is -2.09. The number of benzene rings is 2. The molecular formula is C17H14ClNO2. The van der Waals surface area contributed by atoms with E-state index in [4.69, 9.17) is 16.0 Å². The molecule has 2 aromatic carbocycles. The predicted octanol–water partition coefficient (Wildman–Crippen LogP) is 4.38. The summed E-state index contributed by atoms with van der Waals surface area (Å²) >= 11 is 5.95. The molecule has 0 spiro atoms. The molecule has 0 aliphatic rings. The van der Waals surface area contributed by atoms with Crippen LogP contribution in [0.2, 0.25) is 5.02 Å². The lowest BCUT2D eigenvalue weighted by molar-refractivity contribution is 0.101. The maximum Gasteiger partial charge on any atom is 0.228 e. The SMILES string of the molecule is CN(C)c1cccc(C(=O)c2cc3cc(Cl)ccc3o2)c1. The molecular weight excluding hydrogens is 286 g/mol. The summed E-state index contributed by atoms with van der Waals surface area (Å²) < 4.78 is 5.62. The molecule has 0 bridgehead atoms. The number of ketones is 1. The molecule has 0 fully saturated rings. The van der Waals surface area contributed by atoms with Crippen LogP contribution in [0.5, 0.6) is 0 Å². The van der Waals surface area contributed by atoms with Gasteiger partial charge in [-0.15, -0.1) is 0 Å². The van der Waals surface area contributed by atoms with E-state index in [0.29, 0.717) is 21.9 Å². The third-order valence-electron chi connectivity index (χ3n) is 3.33. The first-order chi connectivity index (χ1) is 10.0. The Hall–Kier alpha value is -2.26. The predicted molar refractivity (Wildman–Crippen MR) is 85.4 cm³/mol. The second-order valence-corrected chi connectivity index (χ2v) is 5.50. The molecule has 106 valence electrons. The maximum atomic E-state index is 12.5. The third kappa shape index (κ3) is 2.65. The van der Waals surface area contributed by atoms with E-state index >= 15 is 0 Å². The van der Waals surface area contributed by atoms with Gasteiger partial charge in [0.15, 0.2) is 5.76 Å². The van der Waals surface area contributed by atoms with Crippen LogP contribution in [0, 0.1) is 0 Å². The van der Waals surface area contributed by atoms with E-state index in [1.54, 1.807) is 30.3 Å². The number of fused-ring (bicyclic) bond motifs is 1. The first kappa shape index (κ1) is 13.7. The van der Waals surface area contributed by atoms with E-state index in [1.807, 2.05) is 37.2 Å². The zero-order valence-electron chi connectivity index (χ0n) is 11.8. The summed E-state index contributed by atoms with van der Waals surface area (Å²) in [7, 11) is 3.87. The summed E-state index contributed by atoms with van der Waals surface area (Å²) in [6, 6.07) is 14.5. The molecule has 0 saturated heterocycles. The van der Waals surface area contributed by atoms with Gasteiger partial charge >= 0.3 is 0 Å². The monoisotopic (exact) mass is 299 g/mol. The summed E-state index contributed by atoms with van der Waals surface area (Å²) in [6.45, 7) is 0. The molecule has 1 aromatic heterocycles. The lowest BCUT2D eigenvalue weighted by atomic mass is 10.1. The number of hydrogen-bond acceptors (Lipinski definition) is 3. The number of anilines is 1. The van der Waals surface area contributed by atoms with Crippen LogP contribution in [-0.4, -0.2) is 19.9 Å². The smallest absolute Gasteiger partial charge is 0.228 e. The molecule has 0 aliphatic heterocycles. The number of carbonyl (C=O) groups excluding carboxylic acids is 1. The zero-order chi connectivity index (χ0) is 15.0. The highest BCUT2D eigenvalue weighted by Crippen LogP contribution is 2.25. The second-order valence-electron chi connectivity index (χ2n) is 5.07. The molecule has 0 radical (unpaired) electrons.